The van der Waals surface area contributed by atoms with Gasteiger partial charge in [-0.25, -0.2) is 4.98 Å². The van der Waals surface area contributed by atoms with Crippen LogP contribution in [0.4, 0.5) is 0 Å². The van der Waals surface area contributed by atoms with Gasteiger partial charge in [-0.2, -0.15) is 0 Å². The molecule has 0 spiro atoms. The van der Waals surface area contributed by atoms with Crippen molar-refractivity contribution < 1.29 is 4.79 Å². The molecule has 1 fully saturated rings. The summed E-state index contributed by atoms with van der Waals surface area (Å²) in [5, 5.41) is 3.14. The molecule has 0 unspecified atom stereocenters. The molecule has 1 aromatic rings. The molecule has 0 radical (unpaired) electrons. The van der Waals surface area contributed by atoms with E-state index in [1.165, 1.54) is 19.3 Å². The summed E-state index contributed by atoms with van der Waals surface area (Å²) >= 11 is 0. The summed E-state index contributed by atoms with van der Waals surface area (Å²) in [4.78, 5) is 16.3. The lowest BCUT2D eigenvalue weighted by Gasteiger charge is -2.23. The normalized spacial score (nSPS) is 16.7. The maximum atomic E-state index is 12.0. The molecule has 1 saturated carbocycles. The summed E-state index contributed by atoms with van der Waals surface area (Å²) in [6.07, 6.45) is 11.7. The smallest absolute Gasteiger partial charge is 0.240 e. The van der Waals surface area contributed by atoms with E-state index in [0.29, 0.717) is 12.6 Å². The minimum atomic E-state index is 0.122. The summed E-state index contributed by atoms with van der Waals surface area (Å²) in [5.41, 5.74) is 0. The Labute approximate surface area is 109 Å². The van der Waals surface area contributed by atoms with Crippen molar-refractivity contribution in [3.05, 3.63) is 18.2 Å². The van der Waals surface area contributed by atoms with Crippen molar-refractivity contribution in [1.82, 2.24) is 14.9 Å². The number of nitrogens with one attached hydrogen (secondary N) is 1. The number of rotatable bonds is 5. The molecule has 1 heterocycles. The zero-order chi connectivity index (χ0) is 12.8. The molecule has 1 aliphatic rings. The van der Waals surface area contributed by atoms with Gasteiger partial charge >= 0.3 is 0 Å². The highest BCUT2D eigenvalue weighted by Gasteiger charge is 2.16. The second-order valence-electron chi connectivity index (χ2n) is 5.12. The van der Waals surface area contributed by atoms with E-state index in [0.717, 1.165) is 31.5 Å². The molecule has 0 bridgehead atoms. The first-order valence-electron chi connectivity index (χ1n) is 7.09. The minimum Gasteiger partial charge on any atom is -0.352 e. The Kier molecular flexibility index (Phi) is 4.79. The van der Waals surface area contributed by atoms with Gasteiger partial charge in [0.1, 0.15) is 12.4 Å². The van der Waals surface area contributed by atoms with Crippen LogP contribution in [0.5, 0.6) is 0 Å². The number of aryl methyl sites for hydroxylation is 1. The lowest BCUT2D eigenvalue weighted by atomic mass is 9.95. The molecule has 0 saturated heterocycles. The van der Waals surface area contributed by atoms with Crippen LogP contribution in [0.3, 0.4) is 0 Å². The highest BCUT2D eigenvalue weighted by atomic mass is 16.2. The Balaban J connectivity index is 1.84. The van der Waals surface area contributed by atoms with E-state index >= 15 is 0 Å². The van der Waals surface area contributed by atoms with Crippen molar-refractivity contribution in [2.75, 3.05) is 0 Å². The highest BCUT2D eigenvalue weighted by molar-refractivity contribution is 5.76. The fourth-order valence-corrected chi connectivity index (χ4v) is 2.61. The molecule has 2 rings (SSSR count). The van der Waals surface area contributed by atoms with Crippen LogP contribution in [0.1, 0.15) is 51.3 Å². The second-order valence-corrected chi connectivity index (χ2v) is 5.12. The standard InChI is InChI=1S/C14H23N3O/c1-2-6-13-15-9-10-17(13)11-14(18)16-12-7-4-3-5-8-12/h9-10,12H,2-8,11H2,1H3,(H,16,18). The summed E-state index contributed by atoms with van der Waals surface area (Å²) in [7, 11) is 0. The van der Waals surface area contributed by atoms with Gasteiger partial charge in [0.25, 0.3) is 0 Å². The van der Waals surface area contributed by atoms with Crippen LogP contribution in [-0.4, -0.2) is 21.5 Å². The average Bonchev–Trinajstić information content (AvgIpc) is 2.78. The first-order valence-corrected chi connectivity index (χ1v) is 7.09. The van der Waals surface area contributed by atoms with Crippen LogP contribution in [0.15, 0.2) is 12.4 Å². The number of amides is 1. The molecular weight excluding hydrogens is 226 g/mol. The van der Waals surface area contributed by atoms with Crippen molar-refractivity contribution in [2.24, 2.45) is 0 Å². The monoisotopic (exact) mass is 249 g/mol. The first kappa shape index (κ1) is 13.1. The number of hydrogen-bond acceptors (Lipinski definition) is 2. The van der Waals surface area contributed by atoms with Crippen LogP contribution in [0, 0.1) is 0 Å². The van der Waals surface area contributed by atoms with Crippen LogP contribution in [0.2, 0.25) is 0 Å². The van der Waals surface area contributed by atoms with Crippen molar-refractivity contribution >= 4 is 5.91 Å². The number of imidazole rings is 1. The molecule has 4 heteroatoms. The molecule has 0 aliphatic heterocycles. The van der Waals surface area contributed by atoms with Gasteiger partial charge in [-0.05, 0) is 19.3 Å². The van der Waals surface area contributed by atoms with Crippen LogP contribution in [-0.2, 0) is 17.8 Å². The molecule has 0 aromatic carbocycles. The van der Waals surface area contributed by atoms with Gasteiger partial charge in [0.05, 0.1) is 0 Å². The molecule has 1 aliphatic carbocycles. The van der Waals surface area contributed by atoms with E-state index < -0.39 is 0 Å². The largest absolute Gasteiger partial charge is 0.352 e. The van der Waals surface area contributed by atoms with Crippen molar-refractivity contribution in [3.63, 3.8) is 0 Å². The second kappa shape index (κ2) is 6.57. The Morgan fingerprint density at radius 3 is 2.94 bits per heavy atom. The van der Waals surface area contributed by atoms with Crippen molar-refractivity contribution in [2.45, 2.75) is 64.5 Å². The van der Waals surface area contributed by atoms with Gasteiger partial charge < -0.3 is 9.88 Å². The predicted octanol–water partition coefficient (Wildman–Crippen LogP) is 2.28. The minimum absolute atomic E-state index is 0.122. The summed E-state index contributed by atoms with van der Waals surface area (Å²) in [5.74, 6) is 1.13. The Morgan fingerprint density at radius 2 is 2.22 bits per heavy atom. The van der Waals surface area contributed by atoms with E-state index in [1.54, 1.807) is 6.20 Å². The zero-order valence-electron chi connectivity index (χ0n) is 11.2. The van der Waals surface area contributed by atoms with Gasteiger partial charge in [0.2, 0.25) is 5.91 Å². The Morgan fingerprint density at radius 1 is 1.44 bits per heavy atom. The van der Waals surface area contributed by atoms with Gasteiger partial charge in [-0.15, -0.1) is 0 Å². The fraction of sp³-hybridized carbons (Fsp3) is 0.714. The van der Waals surface area contributed by atoms with Crippen molar-refractivity contribution in [3.8, 4) is 0 Å². The van der Waals surface area contributed by atoms with E-state index in [2.05, 4.69) is 17.2 Å². The summed E-state index contributed by atoms with van der Waals surface area (Å²) in [6, 6.07) is 0.393. The molecule has 1 aromatic heterocycles. The third kappa shape index (κ3) is 3.59. The molecule has 18 heavy (non-hydrogen) atoms. The predicted molar refractivity (Wildman–Crippen MR) is 71.2 cm³/mol. The van der Waals surface area contributed by atoms with Crippen LogP contribution >= 0.6 is 0 Å². The summed E-state index contributed by atoms with van der Waals surface area (Å²) < 4.78 is 1.96. The molecule has 100 valence electrons. The van der Waals surface area contributed by atoms with Gasteiger partial charge in [-0.3, -0.25) is 4.79 Å². The highest BCUT2D eigenvalue weighted by Crippen LogP contribution is 2.17. The van der Waals surface area contributed by atoms with Gasteiger partial charge in [0.15, 0.2) is 0 Å². The maximum absolute atomic E-state index is 12.0. The third-order valence-corrected chi connectivity index (χ3v) is 3.56. The van der Waals surface area contributed by atoms with E-state index in [4.69, 9.17) is 0 Å². The van der Waals surface area contributed by atoms with E-state index in [9.17, 15) is 4.79 Å². The number of carbonyl (C=O) groups excluding carboxylic acids is 1. The summed E-state index contributed by atoms with van der Waals surface area (Å²) in [6.45, 7) is 2.53. The number of carbonyl (C=O) groups is 1. The third-order valence-electron chi connectivity index (χ3n) is 3.56. The van der Waals surface area contributed by atoms with E-state index in [1.807, 2.05) is 10.8 Å². The molecule has 4 nitrogen and oxygen atoms in total. The quantitative estimate of drug-likeness (QED) is 0.870. The fourth-order valence-electron chi connectivity index (χ4n) is 2.61. The number of nitrogens with zero attached hydrogens (tertiary/aromatic N) is 2. The zero-order valence-corrected chi connectivity index (χ0v) is 11.2. The lowest BCUT2D eigenvalue weighted by Crippen LogP contribution is -2.38. The molecule has 0 atom stereocenters. The molecule has 1 N–H and O–H groups in total. The van der Waals surface area contributed by atoms with Gasteiger partial charge in [-0.1, -0.05) is 26.2 Å². The maximum Gasteiger partial charge on any atom is 0.240 e. The number of hydrogen-bond donors (Lipinski definition) is 1. The average molecular weight is 249 g/mol. The van der Waals surface area contributed by atoms with Gasteiger partial charge in [0, 0.05) is 24.9 Å². The number of aromatic nitrogens is 2. The molecule has 1 amide bonds. The first-order chi connectivity index (χ1) is 8.79. The van der Waals surface area contributed by atoms with E-state index in [-0.39, 0.29) is 5.91 Å². The Hall–Kier alpha value is -1.32. The van der Waals surface area contributed by atoms with Crippen LogP contribution in [0.25, 0.3) is 0 Å². The lowest BCUT2D eigenvalue weighted by molar-refractivity contribution is -0.122. The van der Waals surface area contributed by atoms with Crippen LogP contribution < -0.4 is 5.32 Å². The SMILES string of the molecule is CCCc1nccn1CC(=O)NC1CCCCC1. The van der Waals surface area contributed by atoms with Crippen molar-refractivity contribution in [1.29, 1.82) is 0 Å². The topological polar surface area (TPSA) is 46.9 Å². The Bertz CT molecular complexity index is 380. The molecular formula is C14H23N3O.